The van der Waals surface area contributed by atoms with Gasteiger partial charge in [-0.25, -0.2) is 9.78 Å². The van der Waals surface area contributed by atoms with Crippen molar-refractivity contribution in [2.24, 2.45) is 5.92 Å². The third kappa shape index (κ3) is 3.24. The molecule has 0 fully saturated rings. The number of fused-ring (bicyclic) bond motifs is 1. The van der Waals surface area contributed by atoms with Crippen molar-refractivity contribution in [3.05, 3.63) is 57.0 Å². The van der Waals surface area contributed by atoms with Gasteiger partial charge in [0.2, 0.25) is 0 Å². The first-order chi connectivity index (χ1) is 12.2. The minimum absolute atomic E-state index is 0.00901. The summed E-state index contributed by atoms with van der Waals surface area (Å²) >= 11 is 0. The smallest absolute Gasteiger partial charge is 0.277 e. The van der Waals surface area contributed by atoms with Crippen molar-refractivity contribution in [2.75, 3.05) is 0 Å². The second-order valence-corrected chi connectivity index (χ2v) is 6.25. The zero-order valence-electron chi connectivity index (χ0n) is 14.0. The lowest BCUT2D eigenvalue weighted by atomic mass is 10.1. The van der Waals surface area contributed by atoms with E-state index in [9.17, 15) is 22.8 Å². The third-order valence-electron chi connectivity index (χ3n) is 3.78. The van der Waals surface area contributed by atoms with Crippen LogP contribution in [0.25, 0.3) is 22.3 Å². The van der Waals surface area contributed by atoms with E-state index < -0.39 is 28.4 Å². The molecular weight excluding hydrogens is 349 g/mol. The number of hydrogen-bond donors (Lipinski definition) is 1. The summed E-state index contributed by atoms with van der Waals surface area (Å²) in [5.41, 5.74) is -2.90. The number of hydrogen-bond acceptors (Lipinski definition) is 4. The van der Waals surface area contributed by atoms with Crippen molar-refractivity contribution in [1.82, 2.24) is 19.5 Å². The van der Waals surface area contributed by atoms with Crippen LogP contribution < -0.4 is 11.2 Å². The molecule has 3 heterocycles. The first-order valence-corrected chi connectivity index (χ1v) is 7.84. The SMILES string of the molecule is CC(C)Cn1c(=O)[nH]c(=O)c2c(C(F)(F)F)cc(-c3ccncc3)nc21. The monoisotopic (exact) mass is 364 g/mol. The summed E-state index contributed by atoms with van der Waals surface area (Å²) in [7, 11) is 0. The Morgan fingerprint density at radius 3 is 2.42 bits per heavy atom. The van der Waals surface area contributed by atoms with E-state index in [2.05, 4.69) is 9.97 Å². The number of aromatic amines is 1. The van der Waals surface area contributed by atoms with E-state index >= 15 is 0 Å². The third-order valence-corrected chi connectivity index (χ3v) is 3.78. The maximum Gasteiger partial charge on any atom is 0.417 e. The molecule has 26 heavy (non-hydrogen) atoms. The molecule has 136 valence electrons. The van der Waals surface area contributed by atoms with Gasteiger partial charge < -0.3 is 0 Å². The van der Waals surface area contributed by atoms with Crippen molar-refractivity contribution in [1.29, 1.82) is 0 Å². The zero-order chi connectivity index (χ0) is 19.1. The molecule has 0 bridgehead atoms. The first-order valence-electron chi connectivity index (χ1n) is 7.84. The van der Waals surface area contributed by atoms with Gasteiger partial charge in [-0.05, 0) is 24.1 Å². The van der Waals surface area contributed by atoms with Crippen molar-refractivity contribution in [3.63, 3.8) is 0 Å². The van der Waals surface area contributed by atoms with Gasteiger partial charge in [0.1, 0.15) is 0 Å². The number of rotatable bonds is 3. The van der Waals surface area contributed by atoms with Gasteiger partial charge in [-0.3, -0.25) is 19.3 Å². The molecule has 0 saturated carbocycles. The second kappa shape index (κ2) is 6.40. The van der Waals surface area contributed by atoms with Crippen molar-refractivity contribution < 1.29 is 13.2 Å². The summed E-state index contributed by atoms with van der Waals surface area (Å²) in [4.78, 5) is 34.3. The average Bonchev–Trinajstić information content (AvgIpc) is 2.57. The molecule has 0 atom stereocenters. The van der Waals surface area contributed by atoms with Crippen LogP contribution in [0.3, 0.4) is 0 Å². The number of pyridine rings is 2. The number of H-pyrrole nitrogens is 1. The molecule has 6 nitrogen and oxygen atoms in total. The largest absolute Gasteiger partial charge is 0.417 e. The van der Waals surface area contributed by atoms with Gasteiger partial charge in [-0.1, -0.05) is 13.8 Å². The molecule has 0 aliphatic heterocycles. The van der Waals surface area contributed by atoms with Gasteiger partial charge in [0.15, 0.2) is 5.65 Å². The highest BCUT2D eigenvalue weighted by atomic mass is 19.4. The molecule has 3 aromatic rings. The molecule has 0 aromatic carbocycles. The Morgan fingerprint density at radius 2 is 1.85 bits per heavy atom. The highest BCUT2D eigenvalue weighted by Gasteiger charge is 2.35. The van der Waals surface area contributed by atoms with Crippen LogP contribution in [0.2, 0.25) is 0 Å². The molecule has 0 unspecified atom stereocenters. The van der Waals surface area contributed by atoms with Crippen LogP contribution in [0.4, 0.5) is 13.2 Å². The fourth-order valence-corrected chi connectivity index (χ4v) is 2.70. The maximum atomic E-state index is 13.6. The summed E-state index contributed by atoms with van der Waals surface area (Å²) in [5, 5.41) is -0.643. The minimum atomic E-state index is -4.78. The summed E-state index contributed by atoms with van der Waals surface area (Å²) in [5.74, 6) is -0.0393. The molecule has 0 saturated heterocycles. The number of halogens is 3. The Bertz CT molecular complexity index is 1070. The van der Waals surface area contributed by atoms with Crippen LogP contribution in [0.1, 0.15) is 19.4 Å². The number of aromatic nitrogens is 4. The Labute approximate surface area is 145 Å². The zero-order valence-corrected chi connectivity index (χ0v) is 14.0. The standard InChI is InChI=1S/C17H15F3N4O2/c1-9(2)8-24-14-13(15(25)23-16(24)26)11(17(18,19)20)7-12(22-14)10-3-5-21-6-4-10/h3-7,9H,8H2,1-2H3,(H,23,25,26). The van der Waals surface area contributed by atoms with Gasteiger partial charge in [0.25, 0.3) is 5.56 Å². The van der Waals surface area contributed by atoms with Crippen molar-refractivity contribution >= 4 is 11.0 Å². The molecule has 1 N–H and O–H groups in total. The Balaban J connectivity index is 2.48. The van der Waals surface area contributed by atoms with Crippen LogP contribution in [-0.2, 0) is 12.7 Å². The number of nitrogens with zero attached hydrogens (tertiary/aromatic N) is 3. The lowest BCUT2D eigenvalue weighted by Crippen LogP contribution is -2.33. The van der Waals surface area contributed by atoms with E-state index in [4.69, 9.17) is 0 Å². The highest BCUT2D eigenvalue weighted by molar-refractivity contribution is 5.82. The summed E-state index contributed by atoms with van der Waals surface area (Å²) in [6.07, 6.45) is -1.93. The molecule has 0 radical (unpaired) electrons. The lowest BCUT2D eigenvalue weighted by molar-refractivity contribution is -0.136. The van der Waals surface area contributed by atoms with E-state index in [0.717, 1.165) is 10.6 Å². The Morgan fingerprint density at radius 1 is 1.19 bits per heavy atom. The summed E-state index contributed by atoms with van der Waals surface area (Å²) in [6.45, 7) is 3.73. The topological polar surface area (TPSA) is 80.6 Å². The van der Waals surface area contributed by atoms with Gasteiger partial charge in [-0.2, -0.15) is 13.2 Å². The van der Waals surface area contributed by atoms with E-state index in [-0.39, 0.29) is 23.8 Å². The molecule has 3 aromatic heterocycles. The van der Waals surface area contributed by atoms with E-state index in [0.29, 0.717) is 5.56 Å². The summed E-state index contributed by atoms with van der Waals surface area (Å²) in [6, 6.07) is 3.83. The molecular formula is C17H15F3N4O2. The van der Waals surface area contributed by atoms with Crippen LogP contribution in [0.15, 0.2) is 40.2 Å². The maximum absolute atomic E-state index is 13.6. The molecule has 0 spiro atoms. The fourth-order valence-electron chi connectivity index (χ4n) is 2.70. The Hall–Kier alpha value is -2.97. The minimum Gasteiger partial charge on any atom is -0.277 e. The number of alkyl halides is 3. The Kier molecular flexibility index (Phi) is 4.39. The van der Waals surface area contributed by atoms with Gasteiger partial charge in [-0.15, -0.1) is 0 Å². The second-order valence-electron chi connectivity index (χ2n) is 6.25. The first kappa shape index (κ1) is 17.8. The molecule has 0 aliphatic carbocycles. The average molecular weight is 364 g/mol. The van der Waals surface area contributed by atoms with Crippen LogP contribution in [0.5, 0.6) is 0 Å². The van der Waals surface area contributed by atoms with Gasteiger partial charge >= 0.3 is 11.9 Å². The molecule has 0 amide bonds. The van der Waals surface area contributed by atoms with E-state index in [1.807, 2.05) is 4.98 Å². The normalized spacial score (nSPS) is 12.1. The fraction of sp³-hybridized carbons (Fsp3) is 0.294. The molecule has 9 heteroatoms. The van der Waals surface area contributed by atoms with E-state index in [1.165, 1.54) is 24.5 Å². The predicted octanol–water partition coefficient (Wildman–Crippen LogP) is 2.82. The van der Waals surface area contributed by atoms with Crippen molar-refractivity contribution in [2.45, 2.75) is 26.6 Å². The molecule has 3 rings (SSSR count). The van der Waals surface area contributed by atoms with Crippen LogP contribution >= 0.6 is 0 Å². The lowest BCUT2D eigenvalue weighted by Gasteiger charge is -2.16. The van der Waals surface area contributed by atoms with Crippen LogP contribution in [-0.4, -0.2) is 19.5 Å². The molecule has 0 aliphatic rings. The van der Waals surface area contributed by atoms with Crippen LogP contribution in [0, 0.1) is 5.92 Å². The van der Waals surface area contributed by atoms with Gasteiger partial charge in [0.05, 0.1) is 16.6 Å². The number of nitrogens with one attached hydrogen (secondary N) is 1. The quantitative estimate of drug-likeness (QED) is 0.775. The van der Waals surface area contributed by atoms with Gasteiger partial charge in [0, 0.05) is 24.5 Å². The summed E-state index contributed by atoms with van der Waals surface area (Å²) < 4.78 is 41.9. The highest BCUT2D eigenvalue weighted by Crippen LogP contribution is 2.35. The predicted molar refractivity (Wildman–Crippen MR) is 89.7 cm³/mol. The van der Waals surface area contributed by atoms with Crippen molar-refractivity contribution in [3.8, 4) is 11.3 Å². The van der Waals surface area contributed by atoms with E-state index in [1.54, 1.807) is 13.8 Å².